The lowest BCUT2D eigenvalue weighted by molar-refractivity contribution is 0.589. The summed E-state index contributed by atoms with van der Waals surface area (Å²) in [6.45, 7) is 0.240. The fourth-order valence-corrected chi connectivity index (χ4v) is 3.72. The molecule has 3 heterocycles. The topological polar surface area (TPSA) is 82.5 Å². The number of anilines is 1. The van der Waals surface area contributed by atoms with Gasteiger partial charge in [-0.2, -0.15) is 5.10 Å². The van der Waals surface area contributed by atoms with Crippen molar-refractivity contribution in [2.24, 2.45) is 0 Å². The molecule has 5 rings (SSSR count). The quantitative estimate of drug-likeness (QED) is 0.525. The van der Waals surface area contributed by atoms with E-state index in [9.17, 15) is 4.39 Å². The monoisotopic (exact) mass is 394 g/mol. The molecule has 0 spiro atoms. The third-order valence-corrected chi connectivity index (χ3v) is 5.20. The maximum absolute atomic E-state index is 14.1. The first-order chi connectivity index (χ1) is 13.6. The van der Waals surface area contributed by atoms with Gasteiger partial charge in [0.2, 0.25) is 0 Å². The van der Waals surface area contributed by atoms with Crippen LogP contribution in [0.5, 0.6) is 0 Å². The second-order valence-electron chi connectivity index (χ2n) is 6.88. The summed E-state index contributed by atoms with van der Waals surface area (Å²) in [7, 11) is 0. The summed E-state index contributed by atoms with van der Waals surface area (Å²) in [5.41, 5.74) is 8.64. The summed E-state index contributed by atoms with van der Waals surface area (Å²) in [6, 6.07) is 10.3. The summed E-state index contributed by atoms with van der Waals surface area (Å²) >= 11 is 6.40. The van der Waals surface area contributed by atoms with E-state index >= 15 is 0 Å². The van der Waals surface area contributed by atoms with Gasteiger partial charge in [0, 0.05) is 17.3 Å². The van der Waals surface area contributed by atoms with Gasteiger partial charge in [0.05, 0.1) is 11.9 Å². The van der Waals surface area contributed by atoms with Gasteiger partial charge in [-0.3, -0.25) is 0 Å². The van der Waals surface area contributed by atoms with Crippen LogP contribution in [-0.4, -0.2) is 24.7 Å². The van der Waals surface area contributed by atoms with Crippen LogP contribution in [-0.2, 0) is 6.54 Å². The number of halogens is 2. The normalized spacial score (nSPS) is 13.9. The van der Waals surface area contributed by atoms with Crippen molar-refractivity contribution < 1.29 is 4.39 Å². The molecule has 1 fully saturated rings. The van der Waals surface area contributed by atoms with Gasteiger partial charge < -0.3 is 5.73 Å². The molecule has 1 saturated carbocycles. The van der Waals surface area contributed by atoms with Crippen LogP contribution in [0.3, 0.4) is 0 Å². The number of nitrogens with zero attached hydrogens (tertiary/aromatic N) is 5. The minimum atomic E-state index is -0.291. The van der Waals surface area contributed by atoms with E-state index in [4.69, 9.17) is 17.3 Å². The Kier molecular flexibility index (Phi) is 3.98. The van der Waals surface area contributed by atoms with E-state index in [0.29, 0.717) is 39.6 Å². The second-order valence-corrected chi connectivity index (χ2v) is 7.24. The summed E-state index contributed by atoms with van der Waals surface area (Å²) in [6.07, 6.45) is 3.78. The van der Waals surface area contributed by atoms with Gasteiger partial charge in [-0.15, -0.1) is 0 Å². The van der Waals surface area contributed by atoms with Crippen molar-refractivity contribution in [1.82, 2.24) is 24.7 Å². The van der Waals surface area contributed by atoms with E-state index in [-0.39, 0.29) is 12.4 Å². The molecule has 4 aromatic rings. The van der Waals surface area contributed by atoms with Crippen molar-refractivity contribution in [3.8, 4) is 11.5 Å². The molecule has 8 heteroatoms. The summed E-state index contributed by atoms with van der Waals surface area (Å²) < 4.78 is 15.8. The van der Waals surface area contributed by atoms with Gasteiger partial charge in [-0.05, 0) is 37.0 Å². The SMILES string of the molecule is Nc1nc(-c2nn(Cc3ccccc3F)c3ncccc23)nc(Cl)c1C1CC1. The molecule has 1 aliphatic carbocycles. The van der Waals surface area contributed by atoms with Crippen LogP contribution in [0, 0.1) is 5.82 Å². The molecule has 3 aromatic heterocycles. The first-order valence-corrected chi connectivity index (χ1v) is 9.38. The molecule has 2 N–H and O–H groups in total. The van der Waals surface area contributed by atoms with Crippen LogP contribution in [0.2, 0.25) is 5.15 Å². The Morgan fingerprint density at radius 3 is 2.71 bits per heavy atom. The first-order valence-electron chi connectivity index (χ1n) is 9.00. The first kappa shape index (κ1) is 17.1. The number of aromatic nitrogens is 5. The summed E-state index contributed by atoms with van der Waals surface area (Å²) in [4.78, 5) is 13.3. The Morgan fingerprint density at radius 1 is 1.14 bits per heavy atom. The lowest BCUT2D eigenvalue weighted by Crippen LogP contribution is -2.05. The zero-order valence-corrected chi connectivity index (χ0v) is 15.6. The zero-order valence-electron chi connectivity index (χ0n) is 14.8. The third-order valence-electron chi connectivity index (χ3n) is 4.91. The van der Waals surface area contributed by atoms with Crippen molar-refractivity contribution in [2.45, 2.75) is 25.3 Å². The van der Waals surface area contributed by atoms with E-state index in [1.807, 2.05) is 12.1 Å². The van der Waals surface area contributed by atoms with Crippen LogP contribution in [0.15, 0.2) is 42.6 Å². The van der Waals surface area contributed by atoms with Gasteiger partial charge in [0.15, 0.2) is 11.5 Å². The number of rotatable bonds is 4. The van der Waals surface area contributed by atoms with Crippen molar-refractivity contribution in [2.75, 3.05) is 5.73 Å². The second kappa shape index (κ2) is 6.53. The lowest BCUT2D eigenvalue weighted by Gasteiger charge is -2.07. The standard InChI is InChI=1S/C20H16ClFN6/c21-17-15(11-7-8-11)18(23)26-19(25-17)16-13-5-3-9-24-20(13)28(27-16)10-12-4-1-2-6-14(12)22/h1-6,9,11H,7-8,10H2,(H2,23,25,26). The molecule has 140 valence electrons. The largest absolute Gasteiger partial charge is 0.383 e. The number of benzene rings is 1. The van der Waals surface area contributed by atoms with Gasteiger partial charge >= 0.3 is 0 Å². The predicted molar refractivity (Wildman–Crippen MR) is 105 cm³/mol. The number of pyridine rings is 1. The van der Waals surface area contributed by atoms with Gasteiger partial charge in [-0.1, -0.05) is 29.8 Å². The van der Waals surface area contributed by atoms with Gasteiger partial charge in [0.25, 0.3) is 0 Å². The zero-order chi connectivity index (χ0) is 19.3. The minimum absolute atomic E-state index is 0.240. The molecular weight excluding hydrogens is 379 g/mol. The molecular formula is C20H16ClFN6. The predicted octanol–water partition coefficient (Wildman–Crippen LogP) is 4.19. The molecule has 28 heavy (non-hydrogen) atoms. The average Bonchev–Trinajstić information content (AvgIpc) is 3.45. The molecule has 0 unspecified atom stereocenters. The Bertz CT molecular complexity index is 1180. The number of nitrogen functional groups attached to an aromatic ring is 1. The summed E-state index contributed by atoms with van der Waals surface area (Å²) in [5, 5.41) is 5.74. The Hall–Kier alpha value is -3.06. The minimum Gasteiger partial charge on any atom is -0.383 e. The van der Waals surface area contributed by atoms with Crippen molar-refractivity contribution in [1.29, 1.82) is 0 Å². The maximum Gasteiger partial charge on any atom is 0.184 e. The molecule has 0 amide bonds. The molecule has 0 aliphatic heterocycles. The highest BCUT2D eigenvalue weighted by Crippen LogP contribution is 2.45. The number of hydrogen-bond donors (Lipinski definition) is 1. The van der Waals surface area contributed by atoms with Crippen LogP contribution in [0.1, 0.15) is 29.9 Å². The number of hydrogen-bond acceptors (Lipinski definition) is 5. The Morgan fingerprint density at radius 2 is 1.96 bits per heavy atom. The lowest BCUT2D eigenvalue weighted by atomic mass is 10.2. The highest BCUT2D eigenvalue weighted by Gasteiger charge is 2.30. The van der Waals surface area contributed by atoms with Crippen molar-refractivity contribution >= 4 is 28.5 Å². The highest BCUT2D eigenvalue weighted by atomic mass is 35.5. The molecule has 0 radical (unpaired) electrons. The highest BCUT2D eigenvalue weighted by molar-refractivity contribution is 6.30. The molecule has 1 aromatic carbocycles. The molecule has 0 saturated heterocycles. The average molecular weight is 395 g/mol. The van der Waals surface area contributed by atoms with E-state index in [1.54, 1.807) is 29.1 Å². The van der Waals surface area contributed by atoms with Gasteiger partial charge in [-0.25, -0.2) is 24.0 Å². The van der Waals surface area contributed by atoms with Crippen LogP contribution < -0.4 is 5.73 Å². The van der Waals surface area contributed by atoms with Crippen LogP contribution in [0.4, 0.5) is 10.2 Å². The Labute approximate surface area is 165 Å². The molecule has 1 aliphatic rings. The number of fused-ring (bicyclic) bond motifs is 1. The maximum atomic E-state index is 14.1. The smallest absolute Gasteiger partial charge is 0.184 e. The van der Waals surface area contributed by atoms with Crippen LogP contribution >= 0.6 is 11.6 Å². The van der Waals surface area contributed by atoms with Crippen LogP contribution in [0.25, 0.3) is 22.6 Å². The van der Waals surface area contributed by atoms with E-state index in [1.165, 1.54) is 6.07 Å². The molecule has 6 nitrogen and oxygen atoms in total. The van der Waals surface area contributed by atoms with E-state index in [2.05, 4.69) is 20.1 Å². The fourth-order valence-electron chi connectivity index (χ4n) is 3.39. The van der Waals surface area contributed by atoms with Crippen molar-refractivity contribution in [3.05, 3.63) is 64.7 Å². The third kappa shape index (κ3) is 2.88. The molecule has 0 bridgehead atoms. The Balaban J connectivity index is 1.64. The molecule has 0 atom stereocenters. The van der Waals surface area contributed by atoms with E-state index in [0.717, 1.165) is 23.8 Å². The summed E-state index contributed by atoms with van der Waals surface area (Å²) in [5.74, 6) is 0.787. The fraction of sp³-hybridized carbons (Fsp3) is 0.200. The van der Waals surface area contributed by atoms with Gasteiger partial charge in [0.1, 0.15) is 22.5 Å². The number of nitrogens with two attached hydrogens (primary N) is 1. The van der Waals surface area contributed by atoms with E-state index < -0.39 is 0 Å². The van der Waals surface area contributed by atoms with Crippen molar-refractivity contribution in [3.63, 3.8) is 0 Å².